The van der Waals surface area contributed by atoms with Gasteiger partial charge in [-0.1, -0.05) is 26.3 Å². The number of rotatable bonds is 6. The number of benzene rings is 1. The SMILES string of the molecule is CCC(C)C(NCc1ccc(F)cc1F)C(=O)O. The lowest BCUT2D eigenvalue weighted by Gasteiger charge is -2.20. The van der Waals surface area contributed by atoms with Crippen molar-refractivity contribution in [2.75, 3.05) is 0 Å². The molecule has 2 atom stereocenters. The molecule has 18 heavy (non-hydrogen) atoms. The van der Waals surface area contributed by atoms with Crippen LogP contribution in [0.2, 0.25) is 0 Å². The van der Waals surface area contributed by atoms with Gasteiger partial charge in [0.1, 0.15) is 17.7 Å². The number of carboxylic acids is 1. The fraction of sp³-hybridized carbons (Fsp3) is 0.462. The lowest BCUT2D eigenvalue weighted by atomic mass is 9.99. The standard InChI is InChI=1S/C13H17F2NO2/c1-3-8(2)12(13(17)18)16-7-9-4-5-10(14)6-11(9)15/h4-6,8,12,16H,3,7H2,1-2H3,(H,17,18). The molecule has 0 spiro atoms. The number of carboxylic acid groups (broad SMARTS) is 1. The van der Waals surface area contributed by atoms with Crippen LogP contribution < -0.4 is 5.32 Å². The van der Waals surface area contributed by atoms with Gasteiger partial charge in [0, 0.05) is 18.2 Å². The van der Waals surface area contributed by atoms with E-state index in [-0.39, 0.29) is 18.0 Å². The van der Waals surface area contributed by atoms with Gasteiger partial charge in [0.2, 0.25) is 0 Å². The molecule has 1 aromatic rings. The molecular formula is C13H17F2NO2. The van der Waals surface area contributed by atoms with E-state index >= 15 is 0 Å². The third kappa shape index (κ3) is 3.77. The summed E-state index contributed by atoms with van der Waals surface area (Å²) in [7, 11) is 0. The van der Waals surface area contributed by atoms with Gasteiger partial charge in [0.15, 0.2) is 0 Å². The Labute approximate surface area is 105 Å². The smallest absolute Gasteiger partial charge is 0.320 e. The number of halogens is 2. The topological polar surface area (TPSA) is 49.3 Å². The van der Waals surface area contributed by atoms with Crippen molar-refractivity contribution in [1.82, 2.24) is 5.32 Å². The lowest BCUT2D eigenvalue weighted by molar-refractivity contribution is -0.140. The predicted molar refractivity (Wildman–Crippen MR) is 64.1 cm³/mol. The van der Waals surface area contributed by atoms with Crippen molar-refractivity contribution >= 4 is 5.97 Å². The van der Waals surface area contributed by atoms with Crippen molar-refractivity contribution in [3.63, 3.8) is 0 Å². The zero-order valence-electron chi connectivity index (χ0n) is 10.4. The normalized spacial score (nSPS) is 14.2. The number of nitrogens with one attached hydrogen (secondary N) is 1. The van der Waals surface area contributed by atoms with Crippen molar-refractivity contribution < 1.29 is 18.7 Å². The van der Waals surface area contributed by atoms with E-state index < -0.39 is 23.6 Å². The van der Waals surface area contributed by atoms with Gasteiger partial charge < -0.3 is 5.11 Å². The van der Waals surface area contributed by atoms with Gasteiger partial charge in [0.25, 0.3) is 0 Å². The molecule has 0 aromatic heterocycles. The summed E-state index contributed by atoms with van der Waals surface area (Å²) in [4.78, 5) is 11.0. The minimum Gasteiger partial charge on any atom is -0.480 e. The molecule has 0 bridgehead atoms. The van der Waals surface area contributed by atoms with Gasteiger partial charge in [0.05, 0.1) is 0 Å². The van der Waals surface area contributed by atoms with E-state index in [1.807, 2.05) is 13.8 Å². The Balaban J connectivity index is 2.70. The van der Waals surface area contributed by atoms with Crippen LogP contribution in [0.3, 0.4) is 0 Å². The van der Waals surface area contributed by atoms with E-state index in [4.69, 9.17) is 5.11 Å². The van der Waals surface area contributed by atoms with E-state index in [0.717, 1.165) is 12.1 Å². The molecular weight excluding hydrogens is 240 g/mol. The zero-order valence-corrected chi connectivity index (χ0v) is 10.4. The Morgan fingerprint density at radius 1 is 1.44 bits per heavy atom. The van der Waals surface area contributed by atoms with Gasteiger partial charge in [-0.05, 0) is 12.0 Å². The molecule has 5 heteroatoms. The molecule has 0 aliphatic heterocycles. The predicted octanol–water partition coefficient (Wildman–Crippen LogP) is 2.55. The van der Waals surface area contributed by atoms with E-state index in [1.165, 1.54) is 6.07 Å². The highest BCUT2D eigenvalue weighted by molar-refractivity contribution is 5.73. The first-order valence-corrected chi connectivity index (χ1v) is 5.85. The summed E-state index contributed by atoms with van der Waals surface area (Å²) in [6, 6.07) is 2.52. The van der Waals surface area contributed by atoms with Gasteiger partial charge >= 0.3 is 5.97 Å². The van der Waals surface area contributed by atoms with Crippen LogP contribution in [0.15, 0.2) is 18.2 Å². The second kappa shape index (κ2) is 6.44. The monoisotopic (exact) mass is 257 g/mol. The summed E-state index contributed by atoms with van der Waals surface area (Å²) in [5.41, 5.74) is 0.256. The van der Waals surface area contributed by atoms with Crippen LogP contribution in [0.5, 0.6) is 0 Å². The fourth-order valence-electron chi connectivity index (χ4n) is 1.65. The second-order valence-electron chi connectivity index (χ2n) is 4.32. The highest BCUT2D eigenvalue weighted by Crippen LogP contribution is 2.12. The van der Waals surface area contributed by atoms with Crippen LogP contribution in [0, 0.1) is 17.6 Å². The molecule has 0 radical (unpaired) electrons. The molecule has 0 heterocycles. The third-order valence-corrected chi connectivity index (χ3v) is 3.01. The van der Waals surface area contributed by atoms with Gasteiger partial charge in [-0.2, -0.15) is 0 Å². The largest absolute Gasteiger partial charge is 0.480 e. The van der Waals surface area contributed by atoms with E-state index in [2.05, 4.69) is 5.32 Å². The lowest BCUT2D eigenvalue weighted by Crippen LogP contribution is -2.41. The molecule has 0 saturated heterocycles. The van der Waals surface area contributed by atoms with Crippen LogP contribution in [0.25, 0.3) is 0 Å². The third-order valence-electron chi connectivity index (χ3n) is 3.01. The van der Waals surface area contributed by atoms with Crippen LogP contribution in [-0.4, -0.2) is 17.1 Å². The molecule has 2 unspecified atom stereocenters. The van der Waals surface area contributed by atoms with Crippen LogP contribution in [0.1, 0.15) is 25.8 Å². The maximum Gasteiger partial charge on any atom is 0.320 e. The van der Waals surface area contributed by atoms with Crippen LogP contribution >= 0.6 is 0 Å². The summed E-state index contributed by atoms with van der Waals surface area (Å²) >= 11 is 0. The van der Waals surface area contributed by atoms with E-state index in [0.29, 0.717) is 6.42 Å². The first-order chi connectivity index (χ1) is 8.45. The van der Waals surface area contributed by atoms with Gasteiger partial charge in [-0.3, -0.25) is 10.1 Å². The quantitative estimate of drug-likeness (QED) is 0.823. The molecule has 1 aromatic carbocycles. The first-order valence-electron chi connectivity index (χ1n) is 5.85. The Hall–Kier alpha value is -1.49. The highest BCUT2D eigenvalue weighted by atomic mass is 19.1. The summed E-state index contributed by atoms with van der Waals surface area (Å²) in [5.74, 6) is -2.35. The molecule has 0 saturated carbocycles. The maximum atomic E-state index is 13.4. The van der Waals surface area contributed by atoms with Crippen LogP contribution in [0.4, 0.5) is 8.78 Å². The molecule has 3 nitrogen and oxygen atoms in total. The number of hydrogen-bond acceptors (Lipinski definition) is 2. The van der Waals surface area contributed by atoms with E-state index in [1.54, 1.807) is 0 Å². The molecule has 2 N–H and O–H groups in total. The number of carbonyl (C=O) groups is 1. The average molecular weight is 257 g/mol. The van der Waals surface area contributed by atoms with Crippen LogP contribution in [-0.2, 0) is 11.3 Å². The first kappa shape index (κ1) is 14.6. The van der Waals surface area contributed by atoms with Crippen molar-refractivity contribution in [2.24, 2.45) is 5.92 Å². The van der Waals surface area contributed by atoms with Gasteiger partial charge in [-0.15, -0.1) is 0 Å². The average Bonchev–Trinajstić information content (AvgIpc) is 2.31. The van der Waals surface area contributed by atoms with E-state index in [9.17, 15) is 13.6 Å². The molecule has 0 amide bonds. The Morgan fingerprint density at radius 2 is 2.11 bits per heavy atom. The molecule has 0 fully saturated rings. The van der Waals surface area contributed by atoms with Crippen molar-refractivity contribution in [1.29, 1.82) is 0 Å². The maximum absolute atomic E-state index is 13.4. The van der Waals surface area contributed by atoms with Crippen molar-refractivity contribution in [3.8, 4) is 0 Å². The molecule has 100 valence electrons. The Morgan fingerprint density at radius 3 is 2.61 bits per heavy atom. The Bertz CT molecular complexity index is 423. The second-order valence-corrected chi connectivity index (χ2v) is 4.32. The number of hydrogen-bond donors (Lipinski definition) is 2. The summed E-state index contributed by atoms with van der Waals surface area (Å²) < 4.78 is 26.1. The van der Waals surface area contributed by atoms with Gasteiger partial charge in [-0.25, -0.2) is 8.78 Å². The Kier molecular flexibility index (Phi) is 5.22. The highest BCUT2D eigenvalue weighted by Gasteiger charge is 2.22. The molecule has 0 aliphatic carbocycles. The minimum atomic E-state index is -0.966. The van der Waals surface area contributed by atoms with Crippen molar-refractivity contribution in [3.05, 3.63) is 35.4 Å². The summed E-state index contributed by atoms with van der Waals surface area (Å²) in [5, 5.41) is 11.8. The fourth-order valence-corrected chi connectivity index (χ4v) is 1.65. The molecule has 1 rings (SSSR count). The van der Waals surface area contributed by atoms with Crippen molar-refractivity contribution in [2.45, 2.75) is 32.9 Å². The molecule has 0 aliphatic rings. The zero-order chi connectivity index (χ0) is 13.7. The summed E-state index contributed by atoms with van der Waals surface area (Å²) in [6.07, 6.45) is 0.704. The summed E-state index contributed by atoms with van der Waals surface area (Å²) in [6.45, 7) is 3.76. The minimum absolute atomic E-state index is 0.0629. The number of aliphatic carboxylic acids is 1.